The average Bonchev–Trinajstić information content (AvgIpc) is 2.52. The van der Waals surface area contributed by atoms with Gasteiger partial charge in [0.05, 0.1) is 11.3 Å². The smallest absolute Gasteiger partial charge is 0.340 e. The summed E-state index contributed by atoms with van der Waals surface area (Å²) >= 11 is 0. The summed E-state index contributed by atoms with van der Waals surface area (Å²) in [5.74, 6) is -0.404. The number of rotatable bonds is 5. The predicted molar refractivity (Wildman–Crippen MR) is 82.2 cm³/mol. The molecule has 0 bridgehead atoms. The molecule has 0 radical (unpaired) electrons. The van der Waals surface area contributed by atoms with Crippen molar-refractivity contribution in [1.82, 2.24) is 0 Å². The molecule has 0 unspecified atom stereocenters. The van der Waals surface area contributed by atoms with Crippen molar-refractivity contribution in [2.75, 3.05) is 13.9 Å². The van der Waals surface area contributed by atoms with E-state index in [1.807, 2.05) is 43.3 Å². The van der Waals surface area contributed by atoms with Crippen molar-refractivity contribution in [2.24, 2.45) is 4.99 Å². The number of carbonyl (C=O) groups excluding carboxylic acids is 1. The Kier molecular flexibility index (Phi) is 5.23. The van der Waals surface area contributed by atoms with Crippen LogP contribution in [-0.4, -0.2) is 26.1 Å². The summed E-state index contributed by atoms with van der Waals surface area (Å²) in [6.07, 6.45) is 1.76. The number of carbonyl (C=O) groups is 1. The van der Waals surface area contributed by atoms with E-state index in [9.17, 15) is 4.79 Å². The van der Waals surface area contributed by atoms with E-state index in [4.69, 9.17) is 4.74 Å². The molecule has 0 atom stereocenters. The molecule has 108 valence electrons. The number of nitrogens with zero attached hydrogens (tertiary/aromatic N) is 1. The van der Waals surface area contributed by atoms with Crippen LogP contribution in [-0.2, 0) is 9.47 Å². The zero-order chi connectivity index (χ0) is 15.1. The molecule has 0 amide bonds. The molecule has 2 aromatic carbocycles. The van der Waals surface area contributed by atoms with Gasteiger partial charge in [0.25, 0.3) is 0 Å². The Morgan fingerprint density at radius 3 is 2.38 bits per heavy atom. The fourth-order valence-corrected chi connectivity index (χ4v) is 1.68. The van der Waals surface area contributed by atoms with Gasteiger partial charge in [-0.15, -0.1) is 0 Å². The second-order valence-corrected chi connectivity index (χ2v) is 4.55. The van der Waals surface area contributed by atoms with Crippen molar-refractivity contribution in [3.05, 3.63) is 65.2 Å². The highest BCUT2D eigenvalue weighted by atomic mass is 16.7. The van der Waals surface area contributed by atoms with Gasteiger partial charge in [-0.3, -0.25) is 4.99 Å². The SMILES string of the molecule is COCOC(=O)c1ccc(C=Nc2ccc(C)cc2)cc1. The molecule has 0 spiro atoms. The fourth-order valence-electron chi connectivity index (χ4n) is 1.68. The van der Waals surface area contributed by atoms with Gasteiger partial charge in [0.1, 0.15) is 0 Å². The Bertz CT molecular complexity index is 615. The van der Waals surface area contributed by atoms with Crippen LogP contribution in [0.4, 0.5) is 5.69 Å². The molecule has 0 aliphatic heterocycles. The molecule has 0 aromatic heterocycles. The molecule has 0 N–H and O–H groups in total. The first-order valence-corrected chi connectivity index (χ1v) is 6.56. The van der Waals surface area contributed by atoms with Gasteiger partial charge < -0.3 is 9.47 Å². The summed E-state index contributed by atoms with van der Waals surface area (Å²) in [5.41, 5.74) is 3.50. The largest absolute Gasteiger partial charge is 0.435 e. The number of aryl methyl sites for hydroxylation is 1. The van der Waals surface area contributed by atoms with Gasteiger partial charge in [-0.1, -0.05) is 29.8 Å². The zero-order valence-electron chi connectivity index (χ0n) is 12.1. The number of hydrogen-bond donors (Lipinski definition) is 0. The molecule has 0 heterocycles. The monoisotopic (exact) mass is 283 g/mol. The highest BCUT2D eigenvalue weighted by Crippen LogP contribution is 2.13. The summed E-state index contributed by atoms with van der Waals surface area (Å²) in [5, 5.41) is 0. The third-order valence-corrected chi connectivity index (χ3v) is 2.85. The molecular formula is C17H17NO3. The molecule has 4 nitrogen and oxygen atoms in total. The standard InChI is InChI=1S/C17H17NO3/c1-13-3-9-16(10-4-13)18-11-14-5-7-15(8-6-14)17(19)21-12-20-2/h3-11H,12H2,1-2H3. The Labute approximate surface area is 124 Å². The van der Waals surface area contributed by atoms with Gasteiger partial charge in [0.15, 0.2) is 6.79 Å². The fraction of sp³-hybridized carbons (Fsp3) is 0.176. The highest BCUT2D eigenvalue weighted by Gasteiger charge is 2.05. The van der Waals surface area contributed by atoms with E-state index in [2.05, 4.69) is 9.73 Å². The van der Waals surface area contributed by atoms with Crippen molar-refractivity contribution in [2.45, 2.75) is 6.92 Å². The molecule has 4 heteroatoms. The summed E-state index contributed by atoms with van der Waals surface area (Å²) in [4.78, 5) is 16.0. The predicted octanol–water partition coefficient (Wildman–Crippen LogP) is 3.51. The molecule has 0 aliphatic carbocycles. The van der Waals surface area contributed by atoms with Crippen LogP contribution in [0.5, 0.6) is 0 Å². The van der Waals surface area contributed by atoms with Crippen LogP contribution >= 0.6 is 0 Å². The van der Waals surface area contributed by atoms with Gasteiger partial charge in [-0.05, 0) is 36.8 Å². The Morgan fingerprint density at radius 1 is 1.10 bits per heavy atom. The summed E-state index contributed by atoms with van der Waals surface area (Å²) < 4.78 is 9.55. The van der Waals surface area contributed by atoms with Crippen molar-refractivity contribution >= 4 is 17.9 Å². The first-order valence-electron chi connectivity index (χ1n) is 6.56. The lowest BCUT2D eigenvalue weighted by molar-refractivity contribution is -0.0125. The van der Waals surface area contributed by atoms with E-state index < -0.39 is 5.97 Å². The molecule has 0 fully saturated rings. The highest BCUT2D eigenvalue weighted by molar-refractivity contribution is 5.91. The van der Waals surface area contributed by atoms with Crippen LogP contribution in [0, 0.1) is 6.92 Å². The number of esters is 1. The molecular weight excluding hydrogens is 266 g/mol. The van der Waals surface area contributed by atoms with E-state index in [-0.39, 0.29) is 6.79 Å². The van der Waals surface area contributed by atoms with Gasteiger partial charge in [-0.25, -0.2) is 4.79 Å². The molecule has 2 aromatic rings. The maximum absolute atomic E-state index is 11.6. The number of ether oxygens (including phenoxy) is 2. The summed E-state index contributed by atoms with van der Waals surface area (Å²) in [6, 6.07) is 15.0. The summed E-state index contributed by atoms with van der Waals surface area (Å²) in [7, 11) is 1.47. The zero-order valence-corrected chi connectivity index (χ0v) is 12.1. The van der Waals surface area contributed by atoms with Gasteiger partial charge >= 0.3 is 5.97 Å². The minimum absolute atomic E-state index is 0.0462. The Balaban J connectivity index is 2.02. The van der Waals surface area contributed by atoms with Crippen LogP contribution in [0.2, 0.25) is 0 Å². The topological polar surface area (TPSA) is 47.9 Å². The minimum Gasteiger partial charge on any atom is -0.435 e. The minimum atomic E-state index is -0.404. The van der Waals surface area contributed by atoms with Crippen LogP contribution in [0.3, 0.4) is 0 Å². The van der Waals surface area contributed by atoms with Crippen LogP contribution < -0.4 is 0 Å². The third-order valence-electron chi connectivity index (χ3n) is 2.85. The van der Waals surface area contributed by atoms with E-state index in [1.165, 1.54) is 12.7 Å². The van der Waals surface area contributed by atoms with Crippen molar-refractivity contribution in [3.63, 3.8) is 0 Å². The third kappa shape index (κ3) is 4.54. The van der Waals surface area contributed by atoms with E-state index in [1.54, 1.807) is 18.3 Å². The second-order valence-electron chi connectivity index (χ2n) is 4.55. The van der Waals surface area contributed by atoms with Crippen LogP contribution in [0.15, 0.2) is 53.5 Å². The van der Waals surface area contributed by atoms with Crippen LogP contribution in [0.25, 0.3) is 0 Å². The maximum Gasteiger partial charge on any atom is 0.340 e. The number of benzene rings is 2. The van der Waals surface area contributed by atoms with E-state index in [0.717, 1.165) is 11.3 Å². The normalized spacial score (nSPS) is 10.8. The Morgan fingerprint density at radius 2 is 1.76 bits per heavy atom. The van der Waals surface area contributed by atoms with Crippen molar-refractivity contribution < 1.29 is 14.3 Å². The lowest BCUT2D eigenvalue weighted by Crippen LogP contribution is -2.07. The molecule has 0 saturated carbocycles. The first-order chi connectivity index (χ1) is 10.2. The lowest BCUT2D eigenvalue weighted by atomic mass is 10.1. The number of hydrogen-bond acceptors (Lipinski definition) is 4. The Hall–Kier alpha value is -2.46. The first kappa shape index (κ1) is 14.9. The molecule has 2 rings (SSSR count). The van der Waals surface area contributed by atoms with Crippen molar-refractivity contribution in [3.8, 4) is 0 Å². The molecule has 21 heavy (non-hydrogen) atoms. The quantitative estimate of drug-likeness (QED) is 0.479. The van der Waals surface area contributed by atoms with Gasteiger partial charge in [0, 0.05) is 13.3 Å². The summed E-state index contributed by atoms with van der Waals surface area (Å²) in [6.45, 7) is 1.99. The number of aliphatic imine (C=N–C) groups is 1. The maximum atomic E-state index is 11.6. The van der Waals surface area contributed by atoms with Gasteiger partial charge in [-0.2, -0.15) is 0 Å². The second kappa shape index (κ2) is 7.36. The van der Waals surface area contributed by atoms with Crippen LogP contribution in [0.1, 0.15) is 21.5 Å². The molecule has 0 saturated heterocycles. The lowest BCUT2D eigenvalue weighted by Gasteiger charge is -2.03. The van der Waals surface area contributed by atoms with Gasteiger partial charge in [0.2, 0.25) is 0 Å². The van der Waals surface area contributed by atoms with E-state index in [0.29, 0.717) is 5.56 Å². The average molecular weight is 283 g/mol. The molecule has 0 aliphatic rings. The van der Waals surface area contributed by atoms with E-state index >= 15 is 0 Å². The van der Waals surface area contributed by atoms with Crippen molar-refractivity contribution in [1.29, 1.82) is 0 Å². The number of methoxy groups -OCH3 is 1.